The molecule has 3 nitrogen and oxygen atoms in total. The lowest BCUT2D eigenvalue weighted by Crippen LogP contribution is -2.38. The van der Waals surface area contributed by atoms with E-state index in [1.54, 1.807) is 0 Å². The number of carbonyl (C=O) groups excluding carboxylic acids is 1. The second kappa shape index (κ2) is 4.53. The third-order valence-electron chi connectivity index (χ3n) is 3.00. The van der Waals surface area contributed by atoms with Crippen molar-refractivity contribution in [3.05, 3.63) is 0 Å². The maximum Gasteiger partial charge on any atom is 0.323 e. The molecule has 0 aromatic rings. The van der Waals surface area contributed by atoms with Gasteiger partial charge in [-0.05, 0) is 37.2 Å². The summed E-state index contributed by atoms with van der Waals surface area (Å²) in [5, 5.41) is 3.39. The third kappa shape index (κ3) is 2.06. The van der Waals surface area contributed by atoms with Crippen molar-refractivity contribution < 1.29 is 9.53 Å². The summed E-state index contributed by atoms with van der Waals surface area (Å²) in [6.45, 7) is 2.34. The quantitative estimate of drug-likeness (QED) is 0.698. The van der Waals surface area contributed by atoms with E-state index in [-0.39, 0.29) is 12.0 Å². The number of hydrogen-bond donors (Lipinski definition) is 1. The Hall–Kier alpha value is -0.220. The zero-order valence-corrected chi connectivity index (χ0v) is 9.31. The van der Waals surface area contributed by atoms with Crippen LogP contribution < -0.4 is 5.32 Å². The SMILES string of the molecule is CCOC(=O)C1CC2CSCCC2N1. The molecule has 0 bridgehead atoms. The van der Waals surface area contributed by atoms with Crippen LogP contribution in [0.15, 0.2) is 0 Å². The van der Waals surface area contributed by atoms with Crippen molar-refractivity contribution in [3.63, 3.8) is 0 Å². The molecule has 0 aromatic heterocycles. The van der Waals surface area contributed by atoms with Gasteiger partial charge in [-0.15, -0.1) is 0 Å². The molecule has 2 fully saturated rings. The van der Waals surface area contributed by atoms with Gasteiger partial charge in [0, 0.05) is 6.04 Å². The lowest BCUT2D eigenvalue weighted by Gasteiger charge is -2.23. The van der Waals surface area contributed by atoms with Gasteiger partial charge < -0.3 is 10.1 Å². The Bertz CT molecular complexity index is 208. The van der Waals surface area contributed by atoms with Gasteiger partial charge in [0.1, 0.15) is 6.04 Å². The van der Waals surface area contributed by atoms with Crippen LogP contribution in [-0.4, -0.2) is 36.2 Å². The predicted molar refractivity (Wildman–Crippen MR) is 57.4 cm³/mol. The van der Waals surface area contributed by atoms with Gasteiger partial charge in [0.25, 0.3) is 0 Å². The second-order valence-corrected chi connectivity index (χ2v) is 5.09. The van der Waals surface area contributed by atoms with Gasteiger partial charge >= 0.3 is 5.97 Å². The average molecular weight is 215 g/mol. The zero-order chi connectivity index (χ0) is 9.97. The van der Waals surface area contributed by atoms with Gasteiger partial charge in [0.2, 0.25) is 0 Å². The van der Waals surface area contributed by atoms with Crippen LogP contribution in [-0.2, 0) is 9.53 Å². The highest BCUT2D eigenvalue weighted by molar-refractivity contribution is 7.99. The van der Waals surface area contributed by atoms with Crippen LogP contribution in [0.4, 0.5) is 0 Å². The van der Waals surface area contributed by atoms with Gasteiger partial charge in [-0.2, -0.15) is 11.8 Å². The summed E-state index contributed by atoms with van der Waals surface area (Å²) in [5.41, 5.74) is 0. The van der Waals surface area contributed by atoms with Gasteiger partial charge in [0.05, 0.1) is 6.61 Å². The van der Waals surface area contributed by atoms with E-state index in [2.05, 4.69) is 5.32 Å². The van der Waals surface area contributed by atoms with Crippen molar-refractivity contribution in [2.45, 2.75) is 31.8 Å². The van der Waals surface area contributed by atoms with Crippen molar-refractivity contribution in [2.24, 2.45) is 5.92 Å². The van der Waals surface area contributed by atoms with Crippen molar-refractivity contribution in [1.29, 1.82) is 0 Å². The van der Waals surface area contributed by atoms with Crippen molar-refractivity contribution in [3.8, 4) is 0 Å². The summed E-state index contributed by atoms with van der Waals surface area (Å²) in [5.74, 6) is 3.05. The molecule has 14 heavy (non-hydrogen) atoms. The molecule has 2 heterocycles. The number of rotatable bonds is 2. The summed E-state index contributed by atoms with van der Waals surface area (Å²) in [6, 6.07) is 0.523. The van der Waals surface area contributed by atoms with Crippen LogP contribution >= 0.6 is 11.8 Å². The Morgan fingerprint density at radius 2 is 2.50 bits per heavy atom. The highest BCUT2D eigenvalue weighted by atomic mass is 32.2. The number of thioether (sulfide) groups is 1. The molecular formula is C10H17NO2S. The number of hydrogen-bond acceptors (Lipinski definition) is 4. The Kier molecular flexibility index (Phi) is 3.34. The smallest absolute Gasteiger partial charge is 0.323 e. The topological polar surface area (TPSA) is 38.3 Å². The first-order valence-electron chi connectivity index (χ1n) is 5.31. The molecule has 3 unspecified atom stereocenters. The fourth-order valence-corrected chi connectivity index (χ4v) is 3.54. The summed E-state index contributed by atoms with van der Waals surface area (Å²) < 4.78 is 5.02. The van der Waals surface area contributed by atoms with E-state index in [1.807, 2.05) is 18.7 Å². The molecule has 4 heteroatoms. The molecule has 0 radical (unpaired) electrons. The molecule has 2 saturated heterocycles. The lowest BCUT2D eigenvalue weighted by atomic mass is 9.99. The normalized spacial score (nSPS) is 36.5. The molecule has 0 aliphatic carbocycles. The van der Waals surface area contributed by atoms with Crippen molar-refractivity contribution >= 4 is 17.7 Å². The van der Waals surface area contributed by atoms with E-state index in [1.165, 1.54) is 17.9 Å². The van der Waals surface area contributed by atoms with E-state index in [0.717, 1.165) is 6.42 Å². The molecule has 2 aliphatic rings. The number of esters is 1. The number of fused-ring (bicyclic) bond motifs is 1. The number of nitrogens with one attached hydrogen (secondary N) is 1. The standard InChI is InChI=1S/C10H17NO2S/c1-2-13-10(12)9-5-7-6-14-4-3-8(7)11-9/h7-9,11H,2-6H2,1H3. The monoisotopic (exact) mass is 215 g/mol. The Balaban J connectivity index is 1.89. The van der Waals surface area contributed by atoms with Gasteiger partial charge in [0.15, 0.2) is 0 Å². The minimum absolute atomic E-state index is 0.0383. The Labute approximate surface area is 89.0 Å². The molecular weight excluding hydrogens is 198 g/mol. The van der Waals surface area contributed by atoms with Crippen molar-refractivity contribution in [1.82, 2.24) is 5.32 Å². The molecule has 3 atom stereocenters. The van der Waals surface area contributed by atoms with E-state index in [9.17, 15) is 4.79 Å². The fourth-order valence-electron chi connectivity index (χ4n) is 2.28. The van der Waals surface area contributed by atoms with Gasteiger partial charge in [-0.1, -0.05) is 0 Å². The Morgan fingerprint density at radius 3 is 3.21 bits per heavy atom. The van der Waals surface area contributed by atoms with Crippen LogP contribution in [0, 0.1) is 5.92 Å². The molecule has 80 valence electrons. The fraction of sp³-hybridized carbons (Fsp3) is 0.900. The van der Waals surface area contributed by atoms with E-state index < -0.39 is 0 Å². The van der Waals surface area contributed by atoms with Crippen LogP contribution in [0.25, 0.3) is 0 Å². The van der Waals surface area contributed by atoms with Crippen LogP contribution in [0.3, 0.4) is 0 Å². The van der Waals surface area contributed by atoms with Crippen LogP contribution in [0.2, 0.25) is 0 Å². The molecule has 1 N–H and O–H groups in total. The van der Waals surface area contributed by atoms with E-state index in [0.29, 0.717) is 18.6 Å². The molecule has 0 saturated carbocycles. The maximum absolute atomic E-state index is 11.5. The van der Waals surface area contributed by atoms with Crippen molar-refractivity contribution in [2.75, 3.05) is 18.1 Å². The first-order chi connectivity index (χ1) is 6.81. The largest absolute Gasteiger partial charge is 0.465 e. The van der Waals surface area contributed by atoms with Gasteiger partial charge in [-0.3, -0.25) is 4.79 Å². The number of carbonyl (C=O) groups is 1. The summed E-state index contributed by atoms with van der Waals surface area (Å²) in [6.07, 6.45) is 2.17. The zero-order valence-electron chi connectivity index (χ0n) is 8.49. The average Bonchev–Trinajstić information content (AvgIpc) is 2.61. The van der Waals surface area contributed by atoms with E-state index >= 15 is 0 Å². The molecule has 0 amide bonds. The molecule has 0 spiro atoms. The molecule has 0 aromatic carbocycles. The Morgan fingerprint density at radius 1 is 1.64 bits per heavy atom. The minimum Gasteiger partial charge on any atom is -0.465 e. The van der Waals surface area contributed by atoms with E-state index in [4.69, 9.17) is 4.74 Å². The molecule has 2 rings (SSSR count). The van der Waals surface area contributed by atoms with Crippen LogP contribution in [0.1, 0.15) is 19.8 Å². The van der Waals surface area contributed by atoms with Crippen LogP contribution in [0.5, 0.6) is 0 Å². The number of ether oxygens (including phenoxy) is 1. The summed E-state index contributed by atoms with van der Waals surface area (Å²) in [7, 11) is 0. The highest BCUT2D eigenvalue weighted by Crippen LogP contribution is 2.32. The first-order valence-corrected chi connectivity index (χ1v) is 6.47. The first kappa shape index (κ1) is 10.3. The highest BCUT2D eigenvalue weighted by Gasteiger charge is 2.39. The second-order valence-electron chi connectivity index (χ2n) is 3.94. The third-order valence-corrected chi connectivity index (χ3v) is 4.19. The van der Waals surface area contributed by atoms with Gasteiger partial charge in [-0.25, -0.2) is 0 Å². The maximum atomic E-state index is 11.5. The minimum atomic E-state index is -0.0631. The molecule has 2 aliphatic heterocycles. The summed E-state index contributed by atoms with van der Waals surface area (Å²) >= 11 is 2.01. The summed E-state index contributed by atoms with van der Waals surface area (Å²) in [4.78, 5) is 11.5. The predicted octanol–water partition coefficient (Wildman–Crippen LogP) is 1.03. The lowest BCUT2D eigenvalue weighted by molar-refractivity contribution is -0.145.